The molecule has 2 unspecified atom stereocenters. The molecular weight excluding hydrogens is 691 g/mol. The Labute approximate surface area is 337 Å². The normalized spacial score (nSPS) is 13.4. The molecule has 55 heavy (non-hydrogen) atoms. The maximum absolute atomic E-state index is 12.7. The molecule has 0 aliphatic rings. The summed E-state index contributed by atoms with van der Waals surface area (Å²) < 4.78 is 17.1. The van der Waals surface area contributed by atoms with Crippen LogP contribution in [0.5, 0.6) is 0 Å². The van der Waals surface area contributed by atoms with E-state index in [1.54, 1.807) is 6.08 Å². The third-order valence-corrected chi connectivity index (χ3v) is 9.75. The summed E-state index contributed by atoms with van der Waals surface area (Å²) in [6.45, 7) is 4.50. The summed E-state index contributed by atoms with van der Waals surface area (Å²) in [6.07, 6.45) is 44.9. The van der Waals surface area contributed by atoms with Crippen LogP contribution in [-0.2, 0) is 28.6 Å². The molecule has 2 atom stereocenters. The summed E-state index contributed by atoms with van der Waals surface area (Å²) in [5.41, 5.74) is 0. The first-order valence-electron chi connectivity index (χ1n) is 22.2. The van der Waals surface area contributed by atoms with Crippen molar-refractivity contribution >= 4 is 17.9 Å². The van der Waals surface area contributed by atoms with E-state index in [0.29, 0.717) is 12.8 Å². The number of carboxylic acid groups (broad SMARTS) is 1. The van der Waals surface area contributed by atoms with Crippen molar-refractivity contribution in [3.63, 3.8) is 0 Å². The summed E-state index contributed by atoms with van der Waals surface area (Å²) >= 11 is 0. The predicted molar refractivity (Wildman–Crippen MR) is 229 cm³/mol. The molecule has 0 saturated carbocycles. The third-order valence-electron chi connectivity index (χ3n) is 9.75. The van der Waals surface area contributed by atoms with Crippen LogP contribution in [0, 0.1) is 0 Å². The quantitative estimate of drug-likeness (QED) is 0.0287. The van der Waals surface area contributed by atoms with Crippen LogP contribution in [-0.4, -0.2) is 80.6 Å². The Bertz CT molecular complexity index is 1040. The van der Waals surface area contributed by atoms with Gasteiger partial charge in [0.1, 0.15) is 6.61 Å². The minimum atomic E-state index is -0.887. The van der Waals surface area contributed by atoms with Gasteiger partial charge in [0.05, 0.1) is 40.8 Å². The van der Waals surface area contributed by atoms with Crippen molar-refractivity contribution in [2.75, 3.05) is 41.0 Å². The van der Waals surface area contributed by atoms with Gasteiger partial charge in [-0.25, -0.2) is 4.79 Å². The van der Waals surface area contributed by atoms with Crippen molar-refractivity contribution in [3.8, 4) is 0 Å². The molecule has 0 bridgehead atoms. The number of rotatable bonds is 39. The summed E-state index contributed by atoms with van der Waals surface area (Å²) in [5, 5.41) is 9.60. The molecule has 0 aliphatic heterocycles. The molecule has 8 heteroatoms. The standard InChI is InChI=1S/C47H83NO7/c1-6-8-10-12-14-16-17-18-19-20-21-22-23-24-25-26-27-28-30-32-34-36-38-46(50)55-43(41-53-40-39-44(47(51)52)48(3,4)5)42-54-45(49)37-35-33-31-29-15-13-11-9-7-2/h9,11,15,23-24,29,33,35,43-44H,6-8,10,12-14,16-22,25-28,30-32,34,36-42H2,1-5H3/p+1/b11-9+,24-23+,29-15+,35-33+. The van der Waals surface area contributed by atoms with E-state index in [4.69, 9.17) is 14.2 Å². The van der Waals surface area contributed by atoms with Crippen LogP contribution in [0.4, 0.5) is 0 Å². The molecule has 8 nitrogen and oxygen atoms in total. The van der Waals surface area contributed by atoms with E-state index in [2.05, 4.69) is 50.3 Å². The van der Waals surface area contributed by atoms with Gasteiger partial charge in [-0.05, 0) is 51.4 Å². The van der Waals surface area contributed by atoms with Crippen LogP contribution in [0.2, 0.25) is 0 Å². The number of hydrogen-bond donors (Lipinski definition) is 1. The summed E-state index contributed by atoms with van der Waals surface area (Å²) in [6, 6.07) is -0.626. The molecule has 0 saturated heterocycles. The van der Waals surface area contributed by atoms with E-state index in [1.165, 1.54) is 109 Å². The van der Waals surface area contributed by atoms with Gasteiger partial charge >= 0.3 is 17.9 Å². The fourth-order valence-corrected chi connectivity index (χ4v) is 6.32. The van der Waals surface area contributed by atoms with Gasteiger partial charge in [-0.15, -0.1) is 0 Å². The second kappa shape index (κ2) is 38.2. The van der Waals surface area contributed by atoms with E-state index in [1.807, 2.05) is 27.2 Å². The fraction of sp³-hybridized carbons (Fsp3) is 0.766. The Kier molecular flexibility index (Phi) is 36.3. The van der Waals surface area contributed by atoms with Gasteiger partial charge in [-0.2, -0.15) is 0 Å². The molecule has 0 aromatic rings. The fourth-order valence-electron chi connectivity index (χ4n) is 6.32. The van der Waals surface area contributed by atoms with E-state index < -0.39 is 24.1 Å². The number of carbonyl (C=O) groups excluding carboxylic acids is 2. The van der Waals surface area contributed by atoms with Crippen LogP contribution in [0.1, 0.15) is 181 Å². The Morgan fingerprint density at radius 2 is 1.07 bits per heavy atom. The molecular formula is C47H84NO7+. The average molecular weight is 775 g/mol. The number of aliphatic carboxylic acids is 1. The van der Waals surface area contributed by atoms with Crippen molar-refractivity contribution in [3.05, 3.63) is 48.6 Å². The zero-order valence-corrected chi connectivity index (χ0v) is 36.1. The van der Waals surface area contributed by atoms with Crippen molar-refractivity contribution in [2.45, 2.75) is 193 Å². The molecule has 0 aliphatic carbocycles. The highest BCUT2D eigenvalue weighted by Gasteiger charge is 2.31. The lowest BCUT2D eigenvalue weighted by Gasteiger charge is -2.31. The monoisotopic (exact) mass is 775 g/mol. The number of hydrogen-bond acceptors (Lipinski definition) is 6. The Morgan fingerprint density at radius 1 is 0.582 bits per heavy atom. The Morgan fingerprint density at radius 3 is 1.58 bits per heavy atom. The van der Waals surface area contributed by atoms with Crippen LogP contribution < -0.4 is 0 Å². The highest BCUT2D eigenvalue weighted by atomic mass is 16.6. The van der Waals surface area contributed by atoms with Gasteiger partial charge in [0.25, 0.3) is 0 Å². The Balaban J connectivity index is 4.26. The lowest BCUT2D eigenvalue weighted by Crippen LogP contribution is -2.50. The number of unbranched alkanes of at least 4 members (excludes halogenated alkanes) is 18. The zero-order chi connectivity index (χ0) is 40.7. The topological polar surface area (TPSA) is 99.1 Å². The van der Waals surface area contributed by atoms with Crippen LogP contribution in [0.15, 0.2) is 48.6 Å². The van der Waals surface area contributed by atoms with Gasteiger partial charge in [0.2, 0.25) is 0 Å². The zero-order valence-electron chi connectivity index (χ0n) is 36.1. The molecule has 0 amide bonds. The lowest BCUT2D eigenvalue weighted by atomic mass is 10.0. The number of carboxylic acids is 1. The number of allylic oxidation sites excluding steroid dienone is 7. The van der Waals surface area contributed by atoms with E-state index in [9.17, 15) is 19.5 Å². The van der Waals surface area contributed by atoms with Crippen LogP contribution in [0.25, 0.3) is 0 Å². The molecule has 1 N–H and O–H groups in total. The molecule has 0 aromatic carbocycles. The molecule has 0 aromatic heterocycles. The highest BCUT2D eigenvalue weighted by molar-refractivity contribution is 5.72. The lowest BCUT2D eigenvalue weighted by molar-refractivity contribution is -0.887. The van der Waals surface area contributed by atoms with Gasteiger partial charge in [-0.3, -0.25) is 9.59 Å². The molecule has 0 spiro atoms. The molecule has 0 rings (SSSR count). The second-order valence-corrected chi connectivity index (χ2v) is 15.9. The van der Waals surface area contributed by atoms with Gasteiger partial charge in [0.15, 0.2) is 12.1 Å². The maximum atomic E-state index is 12.7. The van der Waals surface area contributed by atoms with Crippen molar-refractivity contribution < 1.29 is 38.2 Å². The first-order chi connectivity index (χ1) is 26.6. The first kappa shape index (κ1) is 52.3. The first-order valence-corrected chi connectivity index (χ1v) is 22.2. The van der Waals surface area contributed by atoms with E-state index >= 15 is 0 Å². The third kappa shape index (κ3) is 36.7. The van der Waals surface area contributed by atoms with Crippen molar-refractivity contribution in [2.24, 2.45) is 0 Å². The van der Waals surface area contributed by atoms with Crippen molar-refractivity contribution in [1.29, 1.82) is 0 Å². The molecule has 0 fully saturated rings. The minimum Gasteiger partial charge on any atom is -0.477 e. The van der Waals surface area contributed by atoms with Gasteiger partial charge in [-0.1, -0.05) is 159 Å². The van der Waals surface area contributed by atoms with Crippen LogP contribution in [0.3, 0.4) is 0 Å². The highest BCUT2D eigenvalue weighted by Crippen LogP contribution is 2.14. The number of ether oxygens (including phenoxy) is 3. The summed E-state index contributed by atoms with van der Waals surface area (Å²) in [4.78, 5) is 36.8. The SMILES string of the molecule is CC/C=C/C/C=C/C/C=C/CC(=O)OCC(COCCC(C(=O)O)[N+](C)(C)C)OC(=O)CCCCCCCCC/C=C/CCCCCCCCCCCCC. The molecule has 0 radical (unpaired) electrons. The number of carbonyl (C=O) groups is 3. The maximum Gasteiger partial charge on any atom is 0.362 e. The molecule has 0 heterocycles. The van der Waals surface area contributed by atoms with Gasteiger partial charge < -0.3 is 23.8 Å². The largest absolute Gasteiger partial charge is 0.477 e. The van der Waals surface area contributed by atoms with Crippen LogP contribution >= 0.6 is 0 Å². The Hall–Kier alpha value is -2.71. The van der Waals surface area contributed by atoms with Crippen molar-refractivity contribution in [1.82, 2.24) is 0 Å². The predicted octanol–water partition coefficient (Wildman–Crippen LogP) is 12.0. The second-order valence-electron chi connectivity index (χ2n) is 15.9. The molecule has 318 valence electrons. The van der Waals surface area contributed by atoms with E-state index in [-0.39, 0.29) is 36.7 Å². The van der Waals surface area contributed by atoms with Gasteiger partial charge in [0, 0.05) is 12.8 Å². The smallest absolute Gasteiger partial charge is 0.362 e. The number of nitrogens with zero attached hydrogens (tertiary/aromatic N) is 1. The number of likely N-dealkylation sites (N-methyl/N-ethyl adjacent to an activating group) is 1. The summed E-state index contributed by atoms with van der Waals surface area (Å²) in [7, 11) is 5.49. The van der Waals surface area contributed by atoms with E-state index in [0.717, 1.165) is 38.5 Å². The number of quaternary nitrogens is 1. The summed E-state index contributed by atoms with van der Waals surface area (Å²) in [5.74, 6) is -1.62. The minimum absolute atomic E-state index is 0.0319. The number of esters is 2. The average Bonchev–Trinajstić information content (AvgIpc) is 3.14.